The van der Waals surface area contributed by atoms with Crippen molar-refractivity contribution >= 4 is 27.7 Å². The lowest BCUT2D eigenvalue weighted by molar-refractivity contribution is -0.147. The van der Waals surface area contributed by atoms with E-state index >= 15 is 0 Å². The summed E-state index contributed by atoms with van der Waals surface area (Å²) in [6, 6.07) is 4.39. The molecule has 0 aliphatic rings. The maximum atomic E-state index is 11.8. The van der Waals surface area contributed by atoms with Crippen LogP contribution in [0.25, 0.3) is 0 Å². The first-order chi connectivity index (χ1) is 8.88. The fourth-order valence-electron chi connectivity index (χ4n) is 1.57. The van der Waals surface area contributed by atoms with Gasteiger partial charge in [0.1, 0.15) is 5.75 Å². The number of aliphatic carboxylic acids is 1. The van der Waals surface area contributed by atoms with Gasteiger partial charge in [0.05, 0.1) is 11.4 Å². The summed E-state index contributed by atoms with van der Waals surface area (Å²) in [6.45, 7) is 3.75. The van der Waals surface area contributed by atoms with Crippen LogP contribution in [0.4, 0.5) is 0 Å². The van der Waals surface area contributed by atoms with Crippen LogP contribution in [0.1, 0.15) is 35.9 Å². The summed E-state index contributed by atoms with van der Waals surface area (Å²) in [5, 5.41) is 18.5. The number of aliphatic hydroxyl groups is 1. The number of aliphatic hydroxyl groups excluding tert-OH is 1. The minimum Gasteiger partial charge on any atom is -0.493 e. The van der Waals surface area contributed by atoms with Crippen molar-refractivity contribution in [3.8, 4) is 5.75 Å². The number of carbonyl (C=O) groups excluding carboxylic acids is 1. The molecule has 0 fully saturated rings. The molecule has 2 N–H and O–H groups in total. The Morgan fingerprint density at radius 2 is 2.05 bits per heavy atom. The van der Waals surface area contributed by atoms with Crippen LogP contribution in [0.15, 0.2) is 18.2 Å². The van der Waals surface area contributed by atoms with E-state index in [9.17, 15) is 14.7 Å². The predicted molar refractivity (Wildman–Crippen MR) is 72.9 cm³/mol. The number of hydrogen-bond acceptors (Lipinski definition) is 4. The number of ether oxygens (including phenoxy) is 1. The lowest BCUT2D eigenvalue weighted by atomic mass is 10.0. The quantitative estimate of drug-likeness (QED) is 0.616. The van der Waals surface area contributed by atoms with Crippen LogP contribution in [0.2, 0.25) is 0 Å². The van der Waals surface area contributed by atoms with E-state index in [0.29, 0.717) is 12.2 Å². The maximum Gasteiger partial charge on any atom is 0.337 e. The first kappa shape index (κ1) is 15.7. The molecule has 5 nitrogen and oxygen atoms in total. The van der Waals surface area contributed by atoms with Crippen molar-refractivity contribution in [2.24, 2.45) is 0 Å². The molecule has 0 bridgehead atoms. The second kappa shape index (κ2) is 6.68. The summed E-state index contributed by atoms with van der Waals surface area (Å²) in [6.07, 6.45) is -1.72. The average molecular weight is 331 g/mol. The first-order valence-corrected chi connectivity index (χ1v) is 6.66. The highest BCUT2D eigenvalue weighted by atomic mass is 79.9. The molecule has 0 saturated heterocycles. The van der Waals surface area contributed by atoms with Crippen LogP contribution >= 0.6 is 15.9 Å². The minimum absolute atomic E-state index is 0.0772. The second-order valence-corrected chi connectivity index (χ2v) is 5.28. The lowest BCUT2D eigenvalue weighted by Crippen LogP contribution is -2.15. The van der Waals surface area contributed by atoms with Crippen LogP contribution < -0.4 is 4.74 Å². The number of carboxylic acid groups (broad SMARTS) is 1. The molecular weight excluding hydrogens is 316 g/mol. The number of carboxylic acids is 1. The summed E-state index contributed by atoms with van der Waals surface area (Å²) in [5.74, 6) is -1.32. The van der Waals surface area contributed by atoms with Crippen LogP contribution in [0, 0.1) is 0 Å². The average Bonchev–Trinajstić information content (AvgIpc) is 2.37. The molecular formula is C13H15BrO5. The van der Waals surface area contributed by atoms with Crippen molar-refractivity contribution in [3.05, 3.63) is 29.3 Å². The molecule has 19 heavy (non-hydrogen) atoms. The fraction of sp³-hybridized carbons (Fsp3) is 0.385. The van der Waals surface area contributed by atoms with Crippen LogP contribution in [0.5, 0.6) is 5.75 Å². The molecule has 1 rings (SSSR count). The number of carbonyl (C=O) groups is 2. The van der Waals surface area contributed by atoms with Crippen molar-refractivity contribution in [1.29, 1.82) is 0 Å². The van der Waals surface area contributed by atoms with Gasteiger partial charge in [-0.1, -0.05) is 15.9 Å². The van der Waals surface area contributed by atoms with Crippen molar-refractivity contribution < 1.29 is 24.5 Å². The van der Waals surface area contributed by atoms with E-state index < -0.39 is 12.1 Å². The SMILES string of the molecule is CCOc1ccc(C(=O)C(C)Br)cc1C(O)C(=O)O. The minimum atomic E-state index is -1.72. The number of halogens is 1. The van der Waals surface area contributed by atoms with E-state index in [2.05, 4.69) is 15.9 Å². The monoisotopic (exact) mass is 330 g/mol. The van der Waals surface area contributed by atoms with Gasteiger partial charge in [0.15, 0.2) is 11.9 Å². The molecule has 1 aromatic rings. The standard InChI is InChI=1S/C13H15BrO5/c1-3-19-10-5-4-8(11(15)7(2)14)6-9(10)12(16)13(17)18/h4-7,12,16H,3H2,1-2H3,(H,17,18). The third-order valence-electron chi connectivity index (χ3n) is 2.48. The Kier molecular flexibility index (Phi) is 5.50. The summed E-state index contributed by atoms with van der Waals surface area (Å²) in [4.78, 5) is 22.3. The molecule has 0 aliphatic carbocycles. The largest absolute Gasteiger partial charge is 0.493 e. The Bertz CT molecular complexity index is 484. The van der Waals surface area contributed by atoms with E-state index in [-0.39, 0.29) is 21.9 Å². The van der Waals surface area contributed by atoms with E-state index in [1.165, 1.54) is 12.1 Å². The zero-order valence-corrected chi connectivity index (χ0v) is 12.2. The Balaban J connectivity index is 3.25. The van der Waals surface area contributed by atoms with Gasteiger partial charge in [0, 0.05) is 11.1 Å². The number of rotatable bonds is 6. The summed E-state index contributed by atoms with van der Waals surface area (Å²) in [7, 11) is 0. The summed E-state index contributed by atoms with van der Waals surface area (Å²) >= 11 is 3.16. The molecule has 2 unspecified atom stereocenters. The molecule has 0 radical (unpaired) electrons. The van der Waals surface area contributed by atoms with Gasteiger partial charge in [0.25, 0.3) is 0 Å². The number of benzene rings is 1. The fourth-order valence-corrected chi connectivity index (χ4v) is 1.83. The Morgan fingerprint density at radius 3 is 2.53 bits per heavy atom. The van der Waals surface area contributed by atoms with Crippen LogP contribution in [0.3, 0.4) is 0 Å². The lowest BCUT2D eigenvalue weighted by Gasteiger charge is -2.14. The molecule has 104 valence electrons. The van der Waals surface area contributed by atoms with Crippen LogP contribution in [-0.2, 0) is 4.79 Å². The van der Waals surface area contributed by atoms with Gasteiger partial charge in [-0.15, -0.1) is 0 Å². The number of alkyl halides is 1. The number of hydrogen-bond donors (Lipinski definition) is 2. The van der Waals surface area contributed by atoms with Crippen molar-refractivity contribution in [3.63, 3.8) is 0 Å². The van der Waals surface area contributed by atoms with E-state index in [1.807, 2.05) is 0 Å². The molecule has 0 amide bonds. The maximum absolute atomic E-state index is 11.8. The molecule has 0 saturated carbocycles. The Morgan fingerprint density at radius 1 is 1.42 bits per heavy atom. The van der Waals surface area contributed by atoms with Gasteiger partial charge in [-0.25, -0.2) is 4.79 Å². The predicted octanol–water partition coefficient (Wildman–Crippen LogP) is 2.17. The van der Waals surface area contributed by atoms with E-state index in [1.54, 1.807) is 19.9 Å². The molecule has 2 atom stereocenters. The van der Waals surface area contributed by atoms with Gasteiger partial charge in [-0.3, -0.25) is 4.79 Å². The van der Waals surface area contributed by atoms with Gasteiger partial charge in [-0.2, -0.15) is 0 Å². The van der Waals surface area contributed by atoms with Crippen molar-refractivity contribution in [1.82, 2.24) is 0 Å². The highest BCUT2D eigenvalue weighted by Crippen LogP contribution is 2.28. The molecule has 0 spiro atoms. The van der Waals surface area contributed by atoms with E-state index in [4.69, 9.17) is 9.84 Å². The summed E-state index contributed by atoms with van der Waals surface area (Å²) < 4.78 is 5.26. The van der Waals surface area contributed by atoms with Crippen molar-refractivity contribution in [2.75, 3.05) is 6.61 Å². The molecule has 6 heteroatoms. The van der Waals surface area contributed by atoms with Crippen LogP contribution in [-0.4, -0.2) is 33.4 Å². The normalized spacial score (nSPS) is 13.7. The number of ketones is 1. The molecule has 0 heterocycles. The highest BCUT2D eigenvalue weighted by molar-refractivity contribution is 9.10. The van der Waals surface area contributed by atoms with E-state index in [0.717, 1.165) is 0 Å². The first-order valence-electron chi connectivity index (χ1n) is 5.74. The highest BCUT2D eigenvalue weighted by Gasteiger charge is 2.23. The zero-order chi connectivity index (χ0) is 14.6. The van der Waals surface area contributed by atoms with Gasteiger partial charge >= 0.3 is 5.97 Å². The number of Topliss-reactive ketones (excluding diaryl/α,β-unsaturated/α-hetero) is 1. The molecule has 0 aromatic heterocycles. The smallest absolute Gasteiger partial charge is 0.337 e. The molecule has 0 aliphatic heterocycles. The van der Waals surface area contributed by atoms with Gasteiger partial charge in [0.2, 0.25) is 0 Å². The van der Waals surface area contributed by atoms with Gasteiger partial charge in [-0.05, 0) is 32.0 Å². The third kappa shape index (κ3) is 3.78. The topological polar surface area (TPSA) is 83.8 Å². The van der Waals surface area contributed by atoms with Crippen molar-refractivity contribution in [2.45, 2.75) is 24.8 Å². The summed E-state index contributed by atoms with van der Waals surface area (Å²) in [5.41, 5.74) is 0.400. The molecule has 1 aromatic carbocycles. The Labute approximate surface area is 119 Å². The van der Waals surface area contributed by atoms with Gasteiger partial charge < -0.3 is 14.9 Å². The zero-order valence-electron chi connectivity index (χ0n) is 10.6. The second-order valence-electron chi connectivity index (χ2n) is 3.91. The third-order valence-corrected chi connectivity index (χ3v) is 2.90. The Hall–Kier alpha value is -1.40.